The predicted octanol–water partition coefficient (Wildman–Crippen LogP) is 0.270. The highest BCUT2D eigenvalue weighted by Gasteiger charge is 2.34. The minimum Gasteiger partial charge on any atom is -0.480 e. The van der Waals surface area contributed by atoms with Crippen molar-refractivity contribution in [2.75, 3.05) is 0 Å². The molecule has 0 aliphatic heterocycles. The van der Waals surface area contributed by atoms with Gasteiger partial charge >= 0.3 is 5.97 Å². The number of nitrogens with two attached hydrogens (primary N) is 1. The molecule has 198 valence electrons. The Labute approximate surface area is 210 Å². The zero-order valence-corrected chi connectivity index (χ0v) is 21.2. The Morgan fingerprint density at radius 2 is 1.47 bits per heavy atom. The fourth-order valence-corrected chi connectivity index (χ4v) is 3.72. The quantitative estimate of drug-likeness (QED) is 0.216. The van der Waals surface area contributed by atoms with Gasteiger partial charge in [-0.2, -0.15) is 0 Å². The third-order valence-electron chi connectivity index (χ3n) is 6.04. The van der Waals surface area contributed by atoms with Crippen LogP contribution in [0.1, 0.15) is 40.2 Å². The van der Waals surface area contributed by atoms with Crippen LogP contribution in [0, 0.1) is 11.8 Å². The van der Waals surface area contributed by atoms with E-state index in [-0.39, 0.29) is 18.3 Å². The van der Waals surface area contributed by atoms with Gasteiger partial charge in [0.15, 0.2) is 0 Å². The normalized spacial score (nSPS) is 15.7. The third kappa shape index (κ3) is 7.28. The highest BCUT2D eigenvalue weighted by molar-refractivity contribution is 5.94. The van der Waals surface area contributed by atoms with Gasteiger partial charge in [-0.05, 0) is 30.4 Å². The molecule has 3 amide bonds. The molecule has 11 heteroatoms. The molecule has 2 rings (SSSR count). The Morgan fingerprint density at radius 1 is 0.889 bits per heavy atom. The number of rotatable bonds is 12. The van der Waals surface area contributed by atoms with Crippen molar-refractivity contribution >= 4 is 34.6 Å². The summed E-state index contributed by atoms with van der Waals surface area (Å²) in [6.45, 7) is 8.28. The van der Waals surface area contributed by atoms with Crippen molar-refractivity contribution in [2.24, 2.45) is 17.6 Å². The Hall–Kier alpha value is -3.44. The molecular formula is C25H37N5O6. The van der Waals surface area contributed by atoms with Crippen LogP contribution < -0.4 is 21.7 Å². The maximum atomic E-state index is 13.0. The number of carbonyl (C=O) groups is 4. The number of carboxylic acid groups (broad SMARTS) is 1. The Bertz CT molecular complexity index is 1080. The Morgan fingerprint density at radius 3 is 2.03 bits per heavy atom. The number of carbonyl (C=O) groups excluding carboxylic acids is 3. The first-order chi connectivity index (χ1) is 16.8. The van der Waals surface area contributed by atoms with Crippen LogP contribution in [0.3, 0.4) is 0 Å². The first-order valence-corrected chi connectivity index (χ1v) is 12.0. The van der Waals surface area contributed by atoms with Crippen LogP contribution in [0.5, 0.6) is 0 Å². The zero-order valence-electron chi connectivity index (χ0n) is 21.2. The average Bonchev–Trinajstić information content (AvgIpc) is 3.21. The number of aliphatic hydroxyl groups excluding tert-OH is 1. The summed E-state index contributed by atoms with van der Waals surface area (Å²) in [7, 11) is 0. The highest BCUT2D eigenvalue weighted by Crippen LogP contribution is 2.19. The summed E-state index contributed by atoms with van der Waals surface area (Å²) in [4.78, 5) is 53.3. The van der Waals surface area contributed by atoms with Crippen LogP contribution in [-0.4, -0.2) is 69.2 Å². The molecule has 0 aliphatic rings. The maximum absolute atomic E-state index is 13.0. The number of benzene rings is 1. The smallest absolute Gasteiger partial charge is 0.326 e. The number of fused-ring (bicyclic) bond motifs is 1. The zero-order chi connectivity index (χ0) is 27.2. The lowest BCUT2D eigenvalue weighted by atomic mass is 9.99. The van der Waals surface area contributed by atoms with Crippen molar-refractivity contribution in [2.45, 2.75) is 71.3 Å². The Kier molecular flexibility index (Phi) is 10.00. The minimum absolute atomic E-state index is 0.0106. The van der Waals surface area contributed by atoms with Gasteiger partial charge in [-0.1, -0.05) is 45.9 Å². The SMILES string of the molecule is CC(C)C(N)C(=O)NC(C(=O)NC(C(=O)NC(Cc1c[nH]c2ccccc12)C(=O)O)C(C)O)C(C)C. The number of H-pyrrole nitrogens is 1. The summed E-state index contributed by atoms with van der Waals surface area (Å²) in [5.41, 5.74) is 7.40. The van der Waals surface area contributed by atoms with Gasteiger partial charge in [0.25, 0.3) is 0 Å². The number of aliphatic carboxylic acids is 1. The largest absolute Gasteiger partial charge is 0.480 e. The molecule has 8 N–H and O–H groups in total. The van der Waals surface area contributed by atoms with Gasteiger partial charge in [0.1, 0.15) is 18.1 Å². The van der Waals surface area contributed by atoms with E-state index < -0.39 is 54.0 Å². The first-order valence-electron chi connectivity index (χ1n) is 12.0. The van der Waals surface area contributed by atoms with E-state index >= 15 is 0 Å². The Balaban J connectivity index is 2.15. The van der Waals surface area contributed by atoms with Gasteiger partial charge in [0, 0.05) is 23.5 Å². The molecule has 0 saturated carbocycles. The number of nitrogens with one attached hydrogen (secondary N) is 4. The lowest BCUT2D eigenvalue weighted by molar-refractivity contribution is -0.143. The van der Waals surface area contributed by atoms with E-state index in [1.165, 1.54) is 6.92 Å². The summed E-state index contributed by atoms with van der Waals surface area (Å²) < 4.78 is 0. The molecule has 0 spiro atoms. The minimum atomic E-state index is -1.45. The van der Waals surface area contributed by atoms with Gasteiger partial charge < -0.3 is 36.9 Å². The van der Waals surface area contributed by atoms with E-state index in [4.69, 9.17) is 5.73 Å². The third-order valence-corrected chi connectivity index (χ3v) is 6.04. The van der Waals surface area contributed by atoms with Gasteiger partial charge in [-0.3, -0.25) is 14.4 Å². The monoisotopic (exact) mass is 503 g/mol. The number of aromatic nitrogens is 1. The molecular weight excluding hydrogens is 466 g/mol. The number of aromatic amines is 1. The molecule has 1 aromatic carbocycles. The summed E-state index contributed by atoms with van der Waals surface area (Å²) >= 11 is 0. The second-order valence-corrected chi connectivity index (χ2v) is 9.69. The van der Waals surface area contributed by atoms with E-state index in [9.17, 15) is 29.4 Å². The lowest BCUT2D eigenvalue weighted by Crippen LogP contribution is -2.61. The van der Waals surface area contributed by atoms with Crippen molar-refractivity contribution < 1.29 is 29.4 Å². The van der Waals surface area contributed by atoms with Gasteiger partial charge in [0.2, 0.25) is 17.7 Å². The molecule has 11 nitrogen and oxygen atoms in total. The molecule has 36 heavy (non-hydrogen) atoms. The summed E-state index contributed by atoms with van der Waals surface area (Å²) in [5, 5.41) is 28.2. The number of carboxylic acids is 1. The molecule has 0 bridgehead atoms. The number of hydrogen-bond acceptors (Lipinski definition) is 6. The highest BCUT2D eigenvalue weighted by atomic mass is 16.4. The second-order valence-electron chi connectivity index (χ2n) is 9.69. The molecule has 1 aromatic heterocycles. The van der Waals surface area contributed by atoms with Crippen LogP contribution in [0.4, 0.5) is 0 Å². The maximum Gasteiger partial charge on any atom is 0.326 e. The number of aliphatic hydroxyl groups is 1. The van der Waals surface area contributed by atoms with Crippen LogP contribution in [-0.2, 0) is 25.6 Å². The van der Waals surface area contributed by atoms with Crippen molar-refractivity contribution in [3.05, 3.63) is 36.0 Å². The van der Waals surface area contributed by atoms with Gasteiger partial charge in [-0.15, -0.1) is 0 Å². The molecule has 1 heterocycles. The van der Waals surface area contributed by atoms with Crippen molar-refractivity contribution in [3.8, 4) is 0 Å². The molecule has 5 unspecified atom stereocenters. The number of para-hydroxylation sites is 1. The predicted molar refractivity (Wildman–Crippen MR) is 135 cm³/mol. The number of amides is 3. The van der Waals surface area contributed by atoms with E-state index in [0.29, 0.717) is 5.56 Å². The summed E-state index contributed by atoms with van der Waals surface area (Å²) in [6.07, 6.45) is 0.333. The molecule has 0 saturated heterocycles. The van der Waals surface area contributed by atoms with Crippen LogP contribution in [0.25, 0.3) is 10.9 Å². The molecule has 0 radical (unpaired) electrons. The molecule has 0 aliphatic carbocycles. The van der Waals surface area contributed by atoms with Crippen molar-refractivity contribution in [3.63, 3.8) is 0 Å². The van der Waals surface area contributed by atoms with Crippen LogP contribution >= 0.6 is 0 Å². The average molecular weight is 504 g/mol. The fraction of sp³-hybridized carbons (Fsp3) is 0.520. The fourth-order valence-electron chi connectivity index (χ4n) is 3.72. The van der Waals surface area contributed by atoms with Crippen LogP contribution in [0.2, 0.25) is 0 Å². The lowest BCUT2D eigenvalue weighted by Gasteiger charge is -2.28. The molecule has 0 fully saturated rings. The van der Waals surface area contributed by atoms with Crippen molar-refractivity contribution in [1.29, 1.82) is 0 Å². The number of hydrogen-bond donors (Lipinski definition) is 7. The van der Waals surface area contributed by atoms with Crippen LogP contribution in [0.15, 0.2) is 30.5 Å². The van der Waals surface area contributed by atoms with E-state index in [2.05, 4.69) is 20.9 Å². The van der Waals surface area contributed by atoms with E-state index in [1.54, 1.807) is 33.9 Å². The van der Waals surface area contributed by atoms with Gasteiger partial charge in [-0.25, -0.2) is 4.79 Å². The molecule has 5 atom stereocenters. The topological polar surface area (TPSA) is 187 Å². The van der Waals surface area contributed by atoms with Crippen molar-refractivity contribution in [1.82, 2.24) is 20.9 Å². The standard InChI is InChI=1S/C25H37N5O6/c1-12(2)19(26)22(32)29-20(13(3)4)23(33)30-21(14(5)31)24(34)28-18(25(35)36)10-15-11-27-17-9-7-6-8-16(15)17/h6-9,11-14,18-21,27,31H,10,26H2,1-5H3,(H,28,34)(H,29,32)(H,30,33)(H,35,36). The van der Waals surface area contributed by atoms with E-state index in [0.717, 1.165) is 10.9 Å². The first kappa shape index (κ1) is 28.8. The van der Waals surface area contributed by atoms with Gasteiger partial charge in [0.05, 0.1) is 12.1 Å². The summed E-state index contributed by atoms with van der Waals surface area (Å²) in [5.74, 6) is -3.83. The van der Waals surface area contributed by atoms with E-state index in [1.807, 2.05) is 24.3 Å². The second kappa shape index (κ2) is 12.5. The summed E-state index contributed by atoms with van der Waals surface area (Å²) in [6, 6.07) is 2.77. The molecule has 2 aromatic rings.